The summed E-state index contributed by atoms with van der Waals surface area (Å²) >= 11 is 3.35. The molecule has 150 valence electrons. The van der Waals surface area contributed by atoms with Crippen molar-refractivity contribution in [1.29, 1.82) is 0 Å². The van der Waals surface area contributed by atoms with Crippen LogP contribution in [0, 0.1) is 0 Å². The summed E-state index contributed by atoms with van der Waals surface area (Å²) in [5, 5.41) is 0. The summed E-state index contributed by atoms with van der Waals surface area (Å²) in [5.74, 6) is -0.500. The maximum atomic E-state index is 12.8. The van der Waals surface area contributed by atoms with Crippen molar-refractivity contribution in [1.82, 2.24) is 4.31 Å². The number of nitrogens with zero attached hydrogens (tertiary/aromatic N) is 1. The largest absolute Gasteiger partial charge is 0.457 e. The van der Waals surface area contributed by atoms with Gasteiger partial charge in [0.25, 0.3) is 0 Å². The Morgan fingerprint density at radius 1 is 1.07 bits per heavy atom. The van der Waals surface area contributed by atoms with E-state index in [1.165, 1.54) is 28.6 Å². The molecule has 0 aromatic heterocycles. The number of halogens is 1. The monoisotopic (exact) mass is 467 g/mol. The first kappa shape index (κ1) is 21.0. The summed E-state index contributed by atoms with van der Waals surface area (Å²) in [7, 11) is -3.63. The van der Waals surface area contributed by atoms with Crippen molar-refractivity contribution < 1.29 is 22.7 Å². The average Bonchev–Trinajstić information content (AvgIpc) is 2.66. The maximum Gasteiger partial charge on any atom is 0.338 e. The first-order chi connectivity index (χ1) is 13.3. The van der Waals surface area contributed by atoms with E-state index in [-0.39, 0.29) is 23.7 Å². The zero-order chi connectivity index (χ0) is 20.3. The summed E-state index contributed by atoms with van der Waals surface area (Å²) in [6.45, 7) is 4.47. The molecule has 0 bridgehead atoms. The second kappa shape index (κ2) is 8.73. The van der Waals surface area contributed by atoms with Crippen LogP contribution >= 0.6 is 15.9 Å². The molecule has 3 rings (SSSR count). The quantitative estimate of drug-likeness (QED) is 0.627. The molecule has 6 nitrogen and oxygen atoms in total. The Kier molecular flexibility index (Phi) is 6.54. The van der Waals surface area contributed by atoms with Crippen LogP contribution in [-0.4, -0.2) is 44.0 Å². The molecule has 2 aromatic rings. The van der Waals surface area contributed by atoms with Crippen molar-refractivity contribution in [2.24, 2.45) is 0 Å². The van der Waals surface area contributed by atoms with E-state index in [0.29, 0.717) is 18.7 Å². The lowest BCUT2D eigenvalue weighted by Gasteiger charge is -2.34. The van der Waals surface area contributed by atoms with Crippen LogP contribution < -0.4 is 0 Å². The van der Waals surface area contributed by atoms with Gasteiger partial charge in [0.2, 0.25) is 10.0 Å². The van der Waals surface area contributed by atoms with Crippen molar-refractivity contribution in [2.45, 2.75) is 37.6 Å². The molecule has 2 unspecified atom stereocenters. The van der Waals surface area contributed by atoms with Crippen LogP contribution in [-0.2, 0) is 26.1 Å². The highest BCUT2D eigenvalue weighted by Gasteiger charge is 2.32. The summed E-state index contributed by atoms with van der Waals surface area (Å²) in [4.78, 5) is 12.4. The van der Waals surface area contributed by atoms with Gasteiger partial charge in [-0.25, -0.2) is 13.2 Å². The molecule has 0 N–H and O–H groups in total. The molecule has 2 atom stereocenters. The molecule has 1 fully saturated rings. The zero-order valence-corrected chi connectivity index (χ0v) is 18.1. The lowest BCUT2D eigenvalue weighted by molar-refractivity contribution is -0.0440. The molecule has 0 amide bonds. The Morgan fingerprint density at radius 3 is 2.21 bits per heavy atom. The Balaban J connectivity index is 1.66. The molecule has 0 saturated carbocycles. The number of sulfonamides is 1. The number of hydrogen-bond donors (Lipinski definition) is 0. The summed E-state index contributed by atoms with van der Waals surface area (Å²) < 4.78 is 39.0. The molecule has 0 aliphatic carbocycles. The van der Waals surface area contributed by atoms with Gasteiger partial charge in [0.15, 0.2) is 0 Å². The minimum Gasteiger partial charge on any atom is -0.457 e. The molecule has 0 spiro atoms. The van der Waals surface area contributed by atoms with Crippen molar-refractivity contribution in [3.8, 4) is 0 Å². The van der Waals surface area contributed by atoms with Crippen LogP contribution in [0.3, 0.4) is 0 Å². The van der Waals surface area contributed by atoms with E-state index >= 15 is 0 Å². The molecular formula is C20H22BrNO5S. The first-order valence-electron chi connectivity index (χ1n) is 8.93. The number of morpholine rings is 1. The smallest absolute Gasteiger partial charge is 0.338 e. The molecule has 0 radical (unpaired) electrons. The number of carbonyl (C=O) groups is 1. The molecule has 2 aromatic carbocycles. The van der Waals surface area contributed by atoms with Crippen LogP contribution in [0.5, 0.6) is 0 Å². The highest BCUT2D eigenvalue weighted by molar-refractivity contribution is 9.10. The van der Waals surface area contributed by atoms with Gasteiger partial charge in [0.05, 0.1) is 22.7 Å². The lowest BCUT2D eigenvalue weighted by Crippen LogP contribution is -2.48. The van der Waals surface area contributed by atoms with Gasteiger partial charge >= 0.3 is 5.97 Å². The summed E-state index contributed by atoms with van der Waals surface area (Å²) in [6.07, 6.45) is -0.322. The van der Waals surface area contributed by atoms with Crippen LogP contribution in [0.15, 0.2) is 57.9 Å². The van der Waals surface area contributed by atoms with Gasteiger partial charge in [-0.15, -0.1) is 0 Å². The van der Waals surface area contributed by atoms with Crippen molar-refractivity contribution in [2.75, 3.05) is 13.1 Å². The molecule has 28 heavy (non-hydrogen) atoms. The van der Waals surface area contributed by atoms with Crippen LogP contribution in [0.1, 0.15) is 29.8 Å². The first-order valence-corrected chi connectivity index (χ1v) is 11.2. The molecular weight excluding hydrogens is 446 g/mol. The lowest BCUT2D eigenvalue weighted by atomic mass is 10.2. The van der Waals surface area contributed by atoms with E-state index in [1.807, 2.05) is 38.1 Å². The van der Waals surface area contributed by atoms with Gasteiger partial charge in [-0.3, -0.25) is 0 Å². The van der Waals surface area contributed by atoms with Crippen LogP contribution in [0.2, 0.25) is 0 Å². The highest BCUT2D eigenvalue weighted by Crippen LogP contribution is 2.22. The fraction of sp³-hybridized carbons (Fsp3) is 0.350. The van der Waals surface area contributed by atoms with Gasteiger partial charge < -0.3 is 9.47 Å². The van der Waals surface area contributed by atoms with Crippen molar-refractivity contribution in [3.63, 3.8) is 0 Å². The maximum absolute atomic E-state index is 12.8. The second-order valence-electron chi connectivity index (χ2n) is 6.81. The van der Waals surface area contributed by atoms with E-state index in [2.05, 4.69) is 15.9 Å². The van der Waals surface area contributed by atoms with Crippen LogP contribution in [0.4, 0.5) is 0 Å². The molecule has 1 aliphatic heterocycles. The Labute approximate surface area is 173 Å². The third kappa shape index (κ3) is 5.00. The predicted molar refractivity (Wildman–Crippen MR) is 108 cm³/mol. The van der Waals surface area contributed by atoms with Gasteiger partial charge in [-0.1, -0.05) is 28.1 Å². The minimum absolute atomic E-state index is 0.149. The van der Waals surface area contributed by atoms with Crippen molar-refractivity contribution >= 4 is 31.9 Å². The van der Waals surface area contributed by atoms with Gasteiger partial charge in [-0.05, 0) is 55.8 Å². The summed E-state index contributed by atoms with van der Waals surface area (Å²) in [5.41, 5.74) is 1.17. The Hall–Kier alpha value is -1.74. The topological polar surface area (TPSA) is 72.9 Å². The van der Waals surface area contributed by atoms with Crippen molar-refractivity contribution in [3.05, 3.63) is 64.1 Å². The van der Waals surface area contributed by atoms with E-state index in [4.69, 9.17) is 9.47 Å². The van der Waals surface area contributed by atoms with Crippen LogP contribution in [0.25, 0.3) is 0 Å². The second-order valence-corrected chi connectivity index (χ2v) is 9.66. The highest BCUT2D eigenvalue weighted by atomic mass is 79.9. The molecule has 1 aliphatic rings. The fourth-order valence-corrected chi connectivity index (χ4v) is 4.91. The van der Waals surface area contributed by atoms with E-state index in [9.17, 15) is 13.2 Å². The normalized spacial score (nSPS) is 20.7. The Morgan fingerprint density at radius 2 is 1.64 bits per heavy atom. The van der Waals surface area contributed by atoms with Gasteiger partial charge in [-0.2, -0.15) is 4.31 Å². The summed E-state index contributed by atoms with van der Waals surface area (Å²) in [6, 6.07) is 13.3. The number of ether oxygens (including phenoxy) is 2. The standard InChI is InChI=1S/C20H22BrNO5S/c1-14-11-22(12-15(2)27-14)28(24,25)19-9-5-17(6-10-19)20(23)26-13-16-3-7-18(21)8-4-16/h3-10,14-15H,11-13H2,1-2H3. The molecule has 1 heterocycles. The van der Waals surface area contributed by atoms with E-state index in [0.717, 1.165) is 10.0 Å². The van der Waals surface area contributed by atoms with Gasteiger partial charge in [0.1, 0.15) is 6.61 Å². The zero-order valence-electron chi connectivity index (χ0n) is 15.7. The number of hydrogen-bond acceptors (Lipinski definition) is 5. The van der Waals surface area contributed by atoms with Gasteiger partial charge in [0, 0.05) is 17.6 Å². The number of benzene rings is 2. The molecule has 1 saturated heterocycles. The fourth-order valence-electron chi connectivity index (χ4n) is 3.05. The third-order valence-corrected chi connectivity index (χ3v) is 6.77. The number of esters is 1. The third-order valence-electron chi connectivity index (χ3n) is 4.40. The average molecular weight is 468 g/mol. The predicted octanol–water partition coefficient (Wildman–Crippen LogP) is 3.60. The molecule has 8 heteroatoms. The number of rotatable bonds is 5. The number of carbonyl (C=O) groups excluding carboxylic acids is 1. The minimum atomic E-state index is -3.63. The Bertz CT molecular complexity index is 918. The van der Waals surface area contributed by atoms with E-state index in [1.54, 1.807) is 0 Å². The van der Waals surface area contributed by atoms with E-state index < -0.39 is 16.0 Å². The SMILES string of the molecule is CC1CN(S(=O)(=O)c2ccc(C(=O)OCc3ccc(Br)cc3)cc2)CC(C)O1.